The topological polar surface area (TPSA) is 56.8 Å². The van der Waals surface area contributed by atoms with E-state index < -0.39 is 8.80 Å². The van der Waals surface area contributed by atoms with Crippen LogP contribution in [0.1, 0.15) is 271 Å². The van der Waals surface area contributed by atoms with E-state index in [-0.39, 0.29) is 0 Å². The number of unbranched alkanes of at least 4 members (excludes halogenated alkanes) is 32. The zero-order valence-electron chi connectivity index (χ0n) is 38.2. The van der Waals surface area contributed by atoms with Gasteiger partial charge in [-0.2, -0.15) is 0 Å². The van der Waals surface area contributed by atoms with Gasteiger partial charge >= 0.3 is 8.80 Å². The molecule has 1 saturated heterocycles. The van der Waals surface area contributed by atoms with Gasteiger partial charge < -0.3 is 8.85 Å². The van der Waals surface area contributed by atoms with Gasteiger partial charge in [0.05, 0.1) is 0 Å². The molecule has 56 heavy (non-hydrogen) atoms. The van der Waals surface area contributed by atoms with Crippen LogP contribution in [0.15, 0.2) is 0 Å². The minimum absolute atomic E-state index is 0.352. The lowest BCUT2D eigenvalue weighted by molar-refractivity contribution is -0.111. The molecule has 0 aromatic heterocycles. The molecule has 0 spiro atoms. The van der Waals surface area contributed by atoms with Crippen LogP contribution in [0.3, 0.4) is 0 Å². The Balaban J connectivity index is 2.31. The molecule has 7 heteroatoms. The smallest absolute Gasteiger partial charge is 0.373 e. The average Bonchev–Trinajstić information content (AvgIpc) is 3.19. The summed E-state index contributed by atoms with van der Waals surface area (Å²) in [5.41, 5.74) is 3.37. The standard InChI is InChI=1S/C49H99NO4SSi/c1-4-7-10-13-16-19-21-22-23-24-25-26-29-32-35-38-43-52-56(46-39-45-55-49(51)41-37-34-31-27-18-15-12-9-6-3)53-44-42-48(47-50-54-56)40-36-33-30-28-20-17-14-11-8-5-2/h48,50H,4-47H2,1-3H3. The Bertz CT molecular complexity index is 794. The van der Waals surface area contributed by atoms with Gasteiger partial charge in [0.25, 0.3) is 0 Å². The van der Waals surface area contributed by atoms with Crippen molar-refractivity contribution in [3.05, 3.63) is 0 Å². The molecule has 1 N–H and O–H groups in total. The van der Waals surface area contributed by atoms with Gasteiger partial charge in [-0.05, 0) is 38.0 Å². The van der Waals surface area contributed by atoms with Crippen LogP contribution in [-0.4, -0.2) is 39.4 Å². The molecular weight excluding hydrogens is 727 g/mol. The minimum atomic E-state index is -2.83. The molecule has 0 amide bonds. The number of hydroxylamine groups is 1. The van der Waals surface area contributed by atoms with Gasteiger partial charge in [-0.3, -0.25) is 9.32 Å². The van der Waals surface area contributed by atoms with E-state index in [1.807, 2.05) is 0 Å². The summed E-state index contributed by atoms with van der Waals surface area (Å²) in [4.78, 5) is 12.6. The predicted molar refractivity (Wildman–Crippen MR) is 250 cm³/mol. The zero-order valence-corrected chi connectivity index (χ0v) is 40.0. The third-order valence-corrected chi connectivity index (χ3v) is 15.8. The van der Waals surface area contributed by atoms with E-state index in [0.29, 0.717) is 17.5 Å². The molecule has 0 bridgehead atoms. The van der Waals surface area contributed by atoms with Crippen molar-refractivity contribution in [2.75, 3.05) is 25.5 Å². The van der Waals surface area contributed by atoms with E-state index in [2.05, 4.69) is 26.3 Å². The van der Waals surface area contributed by atoms with Gasteiger partial charge in [-0.15, -0.1) is 0 Å². The highest BCUT2D eigenvalue weighted by atomic mass is 32.2. The van der Waals surface area contributed by atoms with Crippen molar-refractivity contribution in [1.29, 1.82) is 0 Å². The van der Waals surface area contributed by atoms with Crippen LogP contribution in [0.25, 0.3) is 0 Å². The summed E-state index contributed by atoms with van der Waals surface area (Å²) in [7, 11) is -2.83. The van der Waals surface area contributed by atoms with Crippen LogP contribution in [0.2, 0.25) is 6.04 Å². The summed E-state index contributed by atoms with van der Waals surface area (Å²) in [6.45, 7) is 9.22. The van der Waals surface area contributed by atoms with Crippen molar-refractivity contribution in [1.82, 2.24) is 5.48 Å². The van der Waals surface area contributed by atoms with Crippen LogP contribution in [-0.2, 0) is 18.2 Å². The molecule has 0 aromatic carbocycles. The minimum Gasteiger partial charge on any atom is -0.373 e. The Kier molecular flexibility index (Phi) is 41.7. The first-order chi connectivity index (χ1) is 27.7. The average molecular weight is 826 g/mol. The second-order valence-electron chi connectivity index (χ2n) is 17.7. The highest BCUT2D eigenvalue weighted by molar-refractivity contribution is 8.13. The SMILES string of the molecule is CCCCCCCCCCCCCCCCCCO[Si]1(CCCSC(=O)CCCCCCCCCCC)OCCC(CCCCCCCCCCCC)CNO1. The van der Waals surface area contributed by atoms with E-state index in [9.17, 15) is 4.79 Å². The lowest BCUT2D eigenvalue weighted by Crippen LogP contribution is -2.52. The lowest BCUT2D eigenvalue weighted by Gasteiger charge is -2.33. The number of carbonyl (C=O) groups excluding carboxylic acids is 1. The molecule has 2 unspecified atom stereocenters. The second-order valence-corrected chi connectivity index (χ2v) is 21.5. The van der Waals surface area contributed by atoms with Gasteiger partial charge in [-0.1, -0.05) is 244 Å². The van der Waals surface area contributed by atoms with Crippen LogP contribution in [0, 0.1) is 5.92 Å². The quantitative estimate of drug-likeness (QED) is 0.0488. The first-order valence-electron chi connectivity index (χ1n) is 25.5. The molecule has 334 valence electrons. The fourth-order valence-corrected chi connectivity index (χ4v) is 11.7. The maximum atomic E-state index is 12.6. The first kappa shape index (κ1) is 54.1. The summed E-state index contributed by atoms with van der Waals surface area (Å²) >= 11 is 1.52. The highest BCUT2D eigenvalue weighted by Gasteiger charge is 2.42. The summed E-state index contributed by atoms with van der Waals surface area (Å²) < 4.78 is 19.6. The van der Waals surface area contributed by atoms with Crippen LogP contribution in [0.4, 0.5) is 0 Å². The zero-order chi connectivity index (χ0) is 40.3. The monoisotopic (exact) mass is 826 g/mol. The Morgan fingerprint density at radius 3 is 1.43 bits per heavy atom. The fraction of sp³-hybridized carbons (Fsp3) is 0.980. The Morgan fingerprint density at radius 2 is 0.964 bits per heavy atom. The molecule has 5 nitrogen and oxygen atoms in total. The number of nitrogens with one attached hydrogen (secondary N) is 1. The Morgan fingerprint density at radius 1 is 0.554 bits per heavy atom. The van der Waals surface area contributed by atoms with Gasteiger partial charge in [0.1, 0.15) is 0 Å². The maximum absolute atomic E-state index is 12.6. The van der Waals surface area contributed by atoms with E-state index >= 15 is 0 Å². The third kappa shape index (κ3) is 36.0. The van der Waals surface area contributed by atoms with Gasteiger partial charge in [-0.25, -0.2) is 5.48 Å². The molecule has 1 fully saturated rings. The first-order valence-corrected chi connectivity index (χ1v) is 28.4. The largest absolute Gasteiger partial charge is 0.517 e. The molecule has 1 aliphatic heterocycles. The fourth-order valence-electron chi connectivity index (χ4n) is 8.22. The number of hydrogen-bond donors (Lipinski definition) is 1. The number of rotatable bonds is 43. The molecule has 1 aliphatic rings. The maximum Gasteiger partial charge on any atom is 0.517 e. The van der Waals surface area contributed by atoms with Gasteiger partial charge in [0.2, 0.25) is 0 Å². The van der Waals surface area contributed by atoms with Crippen LogP contribution >= 0.6 is 11.8 Å². The van der Waals surface area contributed by atoms with Crippen molar-refractivity contribution in [3.63, 3.8) is 0 Å². The summed E-state index contributed by atoms with van der Waals surface area (Å²) in [5.74, 6) is 1.44. The molecule has 0 aromatic rings. The highest BCUT2D eigenvalue weighted by Crippen LogP contribution is 2.25. The van der Waals surface area contributed by atoms with Crippen LogP contribution in [0.5, 0.6) is 0 Å². The van der Waals surface area contributed by atoms with Gasteiger partial charge in [0, 0.05) is 38.0 Å². The van der Waals surface area contributed by atoms with Crippen molar-refractivity contribution < 1.29 is 18.2 Å². The molecule has 1 rings (SSSR count). The molecule has 0 radical (unpaired) electrons. The molecule has 0 saturated carbocycles. The number of carbonyl (C=O) groups is 1. The van der Waals surface area contributed by atoms with E-state index in [0.717, 1.165) is 57.2 Å². The Hall–Kier alpha value is 0.0769. The van der Waals surface area contributed by atoms with E-state index in [1.165, 1.54) is 230 Å². The lowest BCUT2D eigenvalue weighted by atomic mass is 9.97. The predicted octanol–water partition coefficient (Wildman–Crippen LogP) is 16.6. The summed E-state index contributed by atoms with van der Waals surface area (Å²) in [6.07, 6.45) is 51.4. The molecular formula is C49H99NO4SSi. The van der Waals surface area contributed by atoms with E-state index in [1.54, 1.807) is 0 Å². The van der Waals surface area contributed by atoms with Crippen molar-refractivity contribution in [3.8, 4) is 0 Å². The molecule has 1 heterocycles. The second kappa shape index (κ2) is 43.2. The molecule has 0 aliphatic carbocycles. The third-order valence-electron chi connectivity index (χ3n) is 12.1. The normalized spacial score (nSPS) is 17.7. The van der Waals surface area contributed by atoms with Crippen molar-refractivity contribution >= 4 is 25.7 Å². The van der Waals surface area contributed by atoms with Gasteiger partial charge in [0.15, 0.2) is 5.12 Å². The summed E-state index contributed by atoms with van der Waals surface area (Å²) in [5, 5.41) is 0.352. The van der Waals surface area contributed by atoms with Crippen molar-refractivity contribution in [2.24, 2.45) is 5.92 Å². The number of hydrogen-bond acceptors (Lipinski definition) is 6. The summed E-state index contributed by atoms with van der Waals surface area (Å²) in [6, 6.07) is 0.792. The van der Waals surface area contributed by atoms with Crippen molar-refractivity contribution in [2.45, 2.75) is 277 Å². The number of thioether (sulfide) groups is 1. The van der Waals surface area contributed by atoms with Crippen LogP contribution < -0.4 is 5.48 Å². The Labute approximate surface area is 356 Å². The molecule has 2 atom stereocenters. The van der Waals surface area contributed by atoms with E-state index in [4.69, 9.17) is 13.4 Å².